The second-order valence-corrected chi connectivity index (χ2v) is 4.43. The van der Waals surface area contributed by atoms with E-state index in [1.54, 1.807) is 18.3 Å². The van der Waals surface area contributed by atoms with Gasteiger partial charge in [0.15, 0.2) is 5.65 Å². The number of fused-ring (bicyclic) bond motifs is 1. The summed E-state index contributed by atoms with van der Waals surface area (Å²) in [5.41, 5.74) is 0.956. The molecule has 0 saturated heterocycles. The van der Waals surface area contributed by atoms with Crippen molar-refractivity contribution in [3.05, 3.63) is 65.6 Å². The third-order valence-corrected chi connectivity index (χ3v) is 2.84. The summed E-state index contributed by atoms with van der Waals surface area (Å²) in [6, 6.07) is 8.34. The first-order chi connectivity index (χ1) is 10.5. The maximum Gasteiger partial charge on any atom is 0.416 e. The highest BCUT2D eigenvalue weighted by Crippen LogP contribution is 2.29. The molecule has 0 N–H and O–H groups in total. The van der Waals surface area contributed by atoms with Crippen molar-refractivity contribution in [2.24, 2.45) is 0 Å². The second kappa shape index (κ2) is 5.45. The van der Waals surface area contributed by atoms with E-state index in [1.807, 2.05) is 0 Å². The second-order valence-electron chi connectivity index (χ2n) is 4.43. The molecule has 0 aliphatic carbocycles. The van der Waals surface area contributed by atoms with Crippen LogP contribution in [0.1, 0.15) is 16.8 Å². The molecule has 108 valence electrons. The topological polar surface area (TPSA) is 38.7 Å². The minimum atomic E-state index is -4.38. The predicted molar refractivity (Wildman–Crippen MR) is 74.8 cm³/mol. The summed E-state index contributed by atoms with van der Waals surface area (Å²) in [7, 11) is 0. The first-order valence-corrected chi connectivity index (χ1v) is 6.29. The zero-order chi connectivity index (χ0) is 15.6. The molecule has 0 amide bonds. The first-order valence-electron chi connectivity index (χ1n) is 6.29. The number of alkyl halides is 3. The highest BCUT2D eigenvalue weighted by molar-refractivity contribution is 5.69. The van der Waals surface area contributed by atoms with Gasteiger partial charge in [0.2, 0.25) is 0 Å². The van der Waals surface area contributed by atoms with Crippen LogP contribution in [0.3, 0.4) is 0 Å². The summed E-state index contributed by atoms with van der Waals surface area (Å²) in [5, 5.41) is 0. The van der Waals surface area contributed by atoms with Crippen molar-refractivity contribution in [3.8, 4) is 11.8 Å². The van der Waals surface area contributed by atoms with Gasteiger partial charge in [0.05, 0.1) is 11.8 Å². The molecule has 0 fully saturated rings. The summed E-state index contributed by atoms with van der Waals surface area (Å²) in [6.07, 6.45) is -1.34. The molecule has 0 aliphatic rings. The van der Waals surface area contributed by atoms with Crippen LogP contribution < -0.4 is 0 Å². The molecule has 0 unspecified atom stereocenters. The lowest BCUT2D eigenvalue weighted by atomic mass is 10.1. The highest BCUT2D eigenvalue weighted by atomic mass is 19.4. The number of halogens is 3. The zero-order valence-corrected chi connectivity index (χ0v) is 11.1. The molecule has 22 heavy (non-hydrogen) atoms. The van der Waals surface area contributed by atoms with Gasteiger partial charge in [-0.3, -0.25) is 0 Å². The molecule has 0 radical (unpaired) electrons. The van der Waals surface area contributed by atoms with Crippen molar-refractivity contribution in [1.29, 1.82) is 0 Å². The molecule has 0 saturated carbocycles. The van der Waals surface area contributed by atoms with Crippen LogP contribution in [-0.4, -0.2) is 15.0 Å². The molecule has 2 aromatic heterocycles. The van der Waals surface area contributed by atoms with Crippen molar-refractivity contribution in [1.82, 2.24) is 15.0 Å². The van der Waals surface area contributed by atoms with Crippen LogP contribution in [0.4, 0.5) is 13.2 Å². The third-order valence-electron chi connectivity index (χ3n) is 2.84. The van der Waals surface area contributed by atoms with E-state index < -0.39 is 11.7 Å². The van der Waals surface area contributed by atoms with Gasteiger partial charge in [0.25, 0.3) is 0 Å². The monoisotopic (exact) mass is 299 g/mol. The van der Waals surface area contributed by atoms with Crippen molar-refractivity contribution < 1.29 is 13.2 Å². The third kappa shape index (κ3) is 3.04. The van der Waals surface area contributed by atoms with Gasteiger partial charge in [-0.2, -0.15) is 13.2 Å². The highest BCUT2D eigenvalue weighted by Gasteiger charge is 2.30. The summed E-state index contributed by atoms with van der Waals surface area (Å²) in [6.45, 7) is 0. The average molecular weight is 299 g/mol. The Hall–Kier alpha value is -2.94. The molecule has 0 spiro atoms. The quantitative estimate of drug-likeness (QED) is 0.597. The van der Waals surface area contributed by atoms with Crippen LogP contribution in [0, 0.1) is 11.8 Å². The van der Waals surface area contributed by atoms with Crippen LogP contribution in [0.25, 0.3) is 11.2 Å². The van der Waals surface area contributed by atoms with E-state index >= 15 is 0 Å². The van der Waals surface area contributed by atoms with Crippen LogP contribution >= 0.6 is 0 Å². The van der Waals surface area contributed by atoms with Crippen LogP contribution in [-0.2, 0) is 6.18 Å². The molecule has 0 aliphatic heterocycles. The Balaban J connectivity index is 1.94. The summed E-state index contributed by atoms with van der Waals surface area (Å²) >= 11 is 0. The molecular formula is C16H8F3N3. The number of benzene rings is 1. The zero-order valence-electron chi connectivity index (χ0n) is 11.1. The Morgan fingerprint density at radius 1 is 0.955 bits per heavy atom. The van der Waals surface area contributed by atoms with Crippen molar-refractivity contribution in [3.63, 3.8) is 0 Å². The Labute approximate surface area is 123 Å². The summed E-state index contributed by atoms with van der Waals surface area (Å²) in [4.78, 5) is 12.4. The molecule has 1 aromatic carbocycles. The van der Waals surface area contributed by atoms with Crippen molar-refractivity contribution in [2.75, 3.05) is 0 Å². The average Bonchev–Trinajstić information content (AvgIpc) is 2.52. The fourth-order valence-electron chi connectivity index (χ4n) is 1.82. The number of hydrogen-bond donors (Lipinski definition) is 0. The van der Waals surface area contributed by atoms with Gasteiger partial charge in [-0.15, -0.1) is 0 Å². The van der Waals surface area contributed by atoms with Gasteiger partial charge in [-0.05, 0) is 36.3 Å². The number of aromatic nitrogens is 3. The van der Waals surface area contributed by atoms with Crippen LogP contribution in [0.2, 0.25) is 0 Å². The normalized spacial score (nSPS) is 11.0. The van der Waals surface area contributed by atoms with Gasteiger partial charge in [0, 0.05) is 11.8 Å². The van der Waals surface area contributed by atoms with Gasteiger partial charge in [-0.25, -0.2) is 15.0 Å². The standard InChI is InChI=1S/C16H8F3N3/c17-16(18,19)12-4-1-3-11(9-12)6-7-13-10-21-14-5-2-8-20-15(14)22-13/h1-5,8-10H. The lowest BCUT2D eigenvalue weighted by Gasteiger charge is -2.05. The Bertz CT molecular complexity index is 892. The SMILES string of the molecule is FC(F)(F)c1cccc(C#Cc2cnc3cccnc3n2)c1. The van der Waals surface area contributed by atoms with E-state index in [0.717, 1.165) is 12.1 Å². The minimum Gasteiger partial charge on any atom is -0.250 e. The molecule has 3 nitrogen and oxygen atoms in total. The van der Waals surface area contributed by atoms with E-state index in [1.165, 1.54) is 18.3 Å². The summed E-state index contributed by atoms with van der Waals surface area (Å²) < 4.78 is 37.9. The Morgan fingerprint density at radius 3 is 2.64 bits per heavy atom. The molecule has 0 bridgehead atoms. The Kier molecular flexibility index (Phi) is 3.47. The molecule has 2 heterocycles. The number of pyridine rings is 1. The van der Waals surface area contributed by atoms with E-state index in [9.17, 15) is 13.2 Å². The number of nitrogens with zero attached hydrogens (tertiary/aromatic N) is 3. The number of rotatable bonds is 0. The first kappa shape index (κ1) is 14.0. The van der Waals surface area contributed by atoms with Gasteiger partial charge in [-0.1, -0.05) is 12.0 Å². The van der Waals surface area contributed by atoms with E-state index in [4.69, 9.17) is 0 Å². The number of hydrogen-bond acceptors (Lipinski definition) is 3. The van der Waals surface area contributed by atoms with Gasteiger partial charge < -0.3 is 0 Å². The van der Waals surface area contributed by atoms with Crippen molar-refractivity contribution >= 4 is 11.2 Å². The minimum absolute atomic E-state index is 0.262. The molecule has 6 heteroatoms. The lowest BCUT2D eigenvalue weighted by molar-refractivity contribution is -0.137. The predicted octanol–water partition coefficient (Wildman–Crippen LogP) is 3.44. The van der Waals surface area contributed by atoms with E-state index in [-0.39, 0.29) is 5.56 Å². The molecular weight excluding hydrogens is 291 g/mol. The fourth-order valence-corrected chi connectivity index (χ4v) is 1.82. The Morgan fingerprint density at radius 2 is 1.82 bits per heavy atom. The smallest absolute Gasteiger partial charge is 0.250 e. The summed E-state index contributed by atoms with van der Waals surface area (Å²) in [5.74, 6) is 5.36. The maximum atomic E-state index is 12.6. The van der Waals surface area contributed by atoms with E-state index in [0.29, 0.717) is 16.9 Å². The van der Waals surface area contributed by atoms with Crippen LogP contribution in [0.15, 0.2) is 48.8 Å². The van der Waals surface area contributed by atoms with Gasteiger partial charge >= 0.3 is 6.18 Å². The van der Waals surface area contributed by atoms with Crippen LogP contribution in [0.5, 0.6) is 0 Å². The fraction of sp³-hybridized carbons (Fsp3) is 0.0625. The largest absolute Gasteiger partial charge is 0.416 e. The van der Waals surface area contributed by atoms with Crippen molar-refractivity contribution in [2.45, 2.75) is 6.18 Å². The van der Waals surface area contributed by atoms with Gasteiger partial charge in [0.1, 0.15) is 11.2 Å². The maximum absolute atomic E-state index is 12.6. The molecule has 3 aromatic rings. The molecule has 3 rings (SSSR count). The lowest BCUT2D eigenvalue weighted by Crippen LogP contribution is -2.04. The molecule has 0 atom stereocenters. The van der Waals surface area contributed by atoms with E-state index in [2.05, 4.69) is 26.8 Å².